The van der Waals surface area contributed by atoms with E-state index < -0.39 is 34.7 Å². The van der Waals surface area contributed by atoms with Crippen LogP contribution in [0, 0.1) is 5.82 Å². The van der Waals surface area contributed by atoms with Crippen molar-refractivity contribution in [3.63, 3.8) is 0 Å². The molecular weight excluding hydrogens is 539 g/mol. The van der Waals surface area contributed by atoms with Crippen molar-refractivity contribution in [3.8, 4) is 5.75 Å². The van der Waals surface area contributed by atoms with Gasteiger partial charge in [-0.1, -0.05) is 26.0 Å². The maximum Gasteiger partial charge on any atom is 0.160 e. The van der Waals surface area contributed by atoms with Crippen LogP contribution in [0.15, 0.2) is 70.0 Å². The van der Waals surface area contributed by atoms with Gasteiger partial charge >= 0.3 is 0 Å². The van der Waals surface area contributed by atoms with Crippen molar-refractivity contribution in [3.05, 3.63) is 82.0 Å². The van der Waals surface area contributed by atoms with Gasteiger partial charge in [0.05, 0.1) is 16.8 Å². The van der Waals surface area contributed by atoms with Crippen LogP contribution in [0.5, 0.6) is 5.75 Å². The number of aliphatic hydroxyl groups is 1. The first-order chi connectivity index (χ1) is 20.0. The summed E-state index contributed by atoms with van der Waals surface area (Å²) in [5.74, 6) is -2.44. The number of phenols is 1. The molecule has 5 rings (SSSR count). The van der Waals surface area contributed by atoms with E-state index in [-0.39, 0.29) is 22.6 Å². The lowest BCUT2D eigenvalue weighted by Gasteiger charge is -2.37. The molecular formula is C34H40F3N3O2. The summed E-state index contributed by atoms with van der Waals surface area (Å²) in [6, 6.07) is 5.54. The summed E-state index contributed by atoms with van der Waals surface area (Å²) in [7, 11) is 3.57. The number of hydrogen-bond donors (Lipinski definition) is 2. The lowest BCUT2D eigenvalue weighted by atomic mass is 9.85. The largest absolute Gasteiger partial charge is 0.508 e. The Kier molecular flexibility index (Phi) is 8.41. The van der Waals surface area contributed by atoms with Crippen LogP contribution in [0.1, 0.15) is 64.0 Å². The number of phenolic OH excluding ortho intramolecular Hbond substituents is 1. The standard InChI is InChI=1S/C34H40F3N3O2/c1-6-10-28(33(42)34-13-8-15-40(34)16-9-14-34)38-32-24(20(3)39(4)5)19-27(36)30(31(32)37)25-18-22(41)17-21-11-12-26(35)23(7-2)29(21)25/h10-12,17-19,33,41-42H,6-9,13-16H2,1-5H3/b24-20+,28-10+,38-32-. The first-order valence-electron chi connectivity index (χ1n) is 14.9. The maximum atomic E-state index is 16.9. The first kappa shape index (κ1) is 30.1. The third kappa shape index (κ3) is 4.98. The number of aryl methyl sites for hydroxylation is 1. The van der Waals surface area contributed by atoms with Gasteiger partial charge in [0.15, 0.2) is 5.83 Å². The van der Waals surface area contributed by atoms with Gasteiger partial charge in [0.2, 0.25) is 0 Å². The third-order valence-electron chi connectivity index (χ3n) is 9.18. The molecule has 2 heterocycles. The third-order valence-corrected chi connectivity index (χ3v) is 9.18. The van der Waals surface area contributed by atoms with Crippen LogP contribution in [0.3, 0.4) is 0 Å². The van der Waals surface area contributed by atoms with Crippen molar-refractivity contribution >= 4 is 22.1 Å². The molecule has 0 aromatic heterocycles. The second-order valence-electron chi connectivity index (χ2n) is 11.7. The smallest absolute Gasteiger partial charge is 0.160 e. The van der Waals surface area contributed by atoms with Gasteiger partial charge in [-0.05, 0) is 105 Å². The average Bonchev–Trinajstić information content (AvgIpc) is 3.55. The number of halogens is 3. The molecule has 42 heavy (non-hydrogen) atoms. The van der Waals surface area contributed by atoms with E-state index >= 15 is 8.78 Å². The molecule has 0 bridgehead atoms. The summed E-state index contributed by atoms with van der Waals surface area (Å²) in [4.78, 5) is 8.88. The van der Waals surface area contributed by atoms with Crippen molar-refractivity contribution in [2.45, 2.75) is 70.9 Å². The van der Waals surface area contributed by atoms with E-state index in [1.165, 1.54) is 30.3 Å². The van der Waals surface area contributed by atoms with Crippen LogP contribution in [0.4, 0.5) is 13.2 Å². The molecule has 2 saturated heterocycles. The predicted octanol–water partition coefficient (Wildman–Crippen LogP) is 7.35. The number of rotatable bonds is 7. The molecule has 0 saturated carbocycles. The summed E-state index contributed by atoms with van der Waals surface area (Å²) in [5, 5.41) is 23.2. The number of nitrogens with zero attached hydrogens (tertiary/aromatic N) is 3. The topological polar surface area (TPSA) is 59.3 Å². The van der Waals surface area contributed by atoms with E-state index in [2.05, 4.69) is 4.90 Å². The van der Waals surface area contributed by atoms with Crippen molar-refractivity contribution in [1.82, 2.24) is 9.80 Å². The summed E-state index contributed by atoms with van der Waals surface area (Å²) < 4.78 is 48.0. The Morgan fingerprint density at radius 1 is 1.12 bits per heavy atom. The van der Waals surface area contributed by atoms with Gasteiger partial charge in [0.25, 0.3) is 0 Å². The van der Waals surface area contributed by atoms with Gasteiger partial charge in [-0.15, -0.1) is 0 Å². The summed E-state index contributed by atoms with van der Waals surface area (Å²) in [5.41, 5.74) is 0.634. The van der Waals surface area contributed by atoms with Crippen LogP contribution < -0.4 is 0 Å². The summed E-state index contributed by atoms with van der Waals surface area (Å²) in [6.07, 6.45) is 6.61. The molecule has 1 unspecified atom stereocenters. The minimum atomic E-state index is -0.940. The van der Waals surface area contributed by atoms with Crippen molar-refractivity contribution in [2.75, 3.05) is 27.2 Å². The van der Waals surface area contributed by atoms with Crippen LogP contribution in [0.2, 0.25) is 0 Å². The Bertz CT molecular complexity index is 1560. The Labute approximate surface area is 246 Å². The Morgan fingerprint density at radius 3 is 2.43 bits per heavy atom. The van der Waals surface area contributed by atoms with E-state index in [0.717, 1.165) is 38.8 Å². The van der Waals surface area contributed by atoms with Gasteiger partial charge in [0, 0.05) is 25.4 Å². The van der Waals surface area contributed by atoms with Gasteiger partial charge < -0.3 is 15.1 Å². The fraction of sp³-hybridized carbons (Fsp3) is 0.441. The van der Waals surface area contributed by atoms with Gasteiger partial charge in [-0.2, -0.15) is 0 Å². The van der Waals surface area contributed by atoms with Crippen molar-refractivity contribution < 1.29 is 23.4 Å². The van der Waals surface area contributed by atoms with Crippen LogP contribution in [-0.2, 0) is 6.42 Å². The lowest BCUT2D eigenvalue weighted by Crippen LogP contribution is -2.49. The minimum absolute atomic E-state index is 0.0554. The monoisotopic (exact) mass is 579 g/mol. The zero-order chi connectivity index (χ0) is 30.3. The number of aromatic hydroxyl groups is 1. The predicted molar refractivity (Wildman–Crippen MR) is 163 cm³/mol. The van der Waals surface area contributed by atoms with Crippen LogP contribution in [0.25, 0.3) is 16.3 Å². The van der Waals surface area contributed by atoms with Crippen molar-refractivity contribution in [1.29, 1.82) is 0 Å². The van der Waals surface area contributed by atoms with Gasteiger partial charge in [-0.3, -0.25) is 4.90 Å². The molecule has 5 nitrogen and oxygen atoms in total. The molecule has 2 aromatic carbocycles. The highest BCUT2D eigenvalue weighted by atomic mass is 19.1. The number of aliphatic hydroxyl groups excluding tert-OH is 1. The average molecular weight is 580 g/mol. The fourth-order valence-electron chi connectivity index (χ4n) is 6.95. The maximum absolute atomic E-state index is 16.9. The molecule has 1 aliphatic carbocycles. The highest BCUT2D eigenvalue weighted by molar-refractivity contribution is 6.22. The molecule has 3 aliphatic rings. The van der Waals surface area contributed by atoms with E-state index in [1.807, 2.05) is 13.0 Å². The number of fused-ring (bicyclic) bond motifs is 2. The molecule has 2 N–H and O–H groups in total. The molecule has 8 heteroatoms. The molecule has 2 aromatic rings. The molecule has 224 valence electrons. The second kappa shape index (κ2) is 11.7. The quantitative estimate of drug-likeness (QED) is 0.360. The molecule has 2 fully saturated rings. The van der Waals surface area contributed by atoms with E-state index in [1.54, 1.807) is 32.8 Å². The first-order valence-corrected chi connectivity index (χ1v) is 14.9. The number of aliphatic imine (C=N–C) groups is 1. The minimum Gasteiger partial charge on any atom is -0.508 e. The van der Waals surface area contributed by atoms with Crippen LogP contribution >= 0.6 is 0 Å². The van der Waals surface area contributed by atoms with E-state index in [0.29, 0.717) is 40.6 Å². The molecule has 2 aliphatic heterocycles. The number of hydrogen-bond acceptors (Lipinski definition) is 5. The Hall–Kier alpha value is -3.36. The number of allylic oxidation sites excluding steroid dienone is 7. The molecule has 1 atom stereocenters. The molecule has 0 radical (unpaired) electrons. The van der Waals surface area contributed by atoms with Crippen LogP contribution in [-0.4, -0.2) is 64.6 Å². The fourth-order valence-corrected chi connectivity index (χ4v) is 6.95. The second-order valence-corrected chi connectivity index (χ2v) is 11.7. The molecule has 0 amide bonds. The van der Waals surface area contributed by atoms with Gasteiger partial charge in [-0.25, -0.2) is 18.2 Å². The van der Waals surface area contributed by atoms with Gasteiger partial charge in [0.1, 0.15) is 29.2 Å². The lowest BCUT2D eigenvalue weighted by molar-refractivity contribution is 0.0398. The normalized spacial score (nSPS) is 22.2. The zero-order valence-corrected chi connectivity index (χ0v) is 25.1. The highest BCUT2D eigenvalue weighted by Gasteiger charge is 2.50. The summed E-state index contributed by atoms with van der Waals surface area (Å²) in [6.45, 7) is 7.29. The summed E-state index contributed by atoms with van der Waals surface area (Å²) >= 11 is 0. The zero-order valence-electron chi connectivity index (χ0n) is 25.1. The van der Waals surface area contributed by atoms with E-state index in [9.17, 15) is 14.6 Å². The Morgan fingerprint density at radius 2 is 1.81 bits per heavy atom. The highest BCUT2D eigenvalue weighted by Crippen LogP contribution is 2.45. The molecule has 0 spiro atoms. The SMILES string of the molecule is CC/C=C(/N=C1\C(F)=C(c2cc(O)cc3ccc(F)c(CC)c23)C(F)=C\C1=C(\C)N(C)C)C(O)C12CCCN1CCC2. The number of benzene rings is 2. The van der Waals surface area contributed by atoms with E-state index in [4.69, 9.17) is 4.99 Å². The Balaban J connectivity index is 1.78. The van der Waals surface area contributed by atoms with Crippen molar-refractivity contribution in [2.24, 2.45) is 4.99 Å².